The summed E-state index contributed by atoms with van der Waals surface area (Å²) in [5.74, 6) is 5.45. The number of carbonyl (C=O) groups is 1. The van der Waals surface area contributed by atoms with E-state index in [9.17, 15) is 4.79 Å². The number of rotatable bonds is 11. The van der Waals surface area contributed by atoms with E-state index in [-0.39, 0.29) is 0 Å². The highest BCUT2D eigenvalue weighted by Crippen LogP contribution is 2.11. The zero-order chi connectivity index (χ0) is 17.5. The minimum absolute atomic E-state index is 0.861. The number of carboxylic acids is 1. The van der Waals surface area contributed by atoms with Gasteiger partial charge in [0.25, 0.3) is 0 Å². The van der Waals surface area contributed by atoms with Gasteiger partial charge in [0.1, 0.15) is 0 Å². The zero-order valence-electron chi connectivity index (χ0n) is 14.9. The molecule has 0 fully saturated rings. The lowest BCUT2D eigenvalue weighted by molar-refractivity contribution is -0.131. The predicted octanol–water partition coefficient (Wildman–Crippen LogP) is 6.06. The van der Waals surface area contributed by atoms with Crippen molar-refractivity contribution in [3.63, 3.8) is 0 Å². The molecule has 1 N–H and O–H groups in total. The zero-order valence-corrected chi connectivity index (χ0v) is 14.9. The number of aliphatic carboxylic acids is 1. The predicted molar refractivity (Wildman–Crippen MR) is 102 cm³/mol. The molecule has 0 unspecified atom stereocenters. The topological polar surface area (TPSA) is 37.3 Å². The SMILES string of the molecule is CCCCCCCCCCCC#Cc1ccccc1/C=C/C(=O)O. The number of benzene rings is 1. The summed E-state index contributed by atoms with van der Waals surface area (Å²) in [5, 5.41) is 8.72. The molecule has 0 saturated carbocycles. The van der Waals surface area contributed by atoms with Crippen molar-refractivity contribution in [1.82, 2.24) is 0 Å². The molecule has 0 aliphatic carbocycles. The van der Waals surface area contributed by atoms with Gasteiger partial charge in [0, 0.05) is 18.1 Å². The summed E-state index contributed by atoms with van der Waals surface area (Å²) < 4.78 is 0. The molecule has 1 aromatic rings. The van der Waals surface area contributed by atoms with E-state index in [1.807, 2.05) is 24.3 Å². The molecule has 0 spiro atoms. The highest BCUT2D eigenvalue weighted by atomic mass is 16.4. The van der Waals surface area contributed by atoms with Gasteiger partial charge in [-0.3, -0.25) is 0 Å². The van der Waals surface area contributed by atoms with Crippen LogP contribution in [0, 0.1) is 11.8 Å². The van der Waals surface area contributed by atoms with Crippen molar-refractivity contribution in [2.24, 2.45) is 0 Å². The summed E-state index contributed by atoms with van der Waals surface area (Å²) >= 11 is 0. The molecule has 24 heavy (non-hydrogen) atoms. The van der Waals surface area contributed by atoms with E-state index in [1.165, 1.54) is 51.4 Å². The first-order valence-corrected chi connectivity index (χ1v) is 9.23. The lowest BCUT2D eigenvalue weighted by Crippen LogP contribution is -1.87. The van der Waals surface area contributed by atoms with Crippen molar-refractivity contribution in [2.45, 2.75) is 71.1 Å². The van der Waals surface area contributed by atoms with E-state index in [0.717, 1.165) is 30.0 Å². The molecule has 1 aromatic carbocycles. The van der Waals surface area contributed by atoms with E-state index < -0.39 is 5.97 Å². The summed E-state index contributed by atoms with van der Waals surface area (Å²) in [6, 6.07) is 7.65. The molecule has 0 saturated heterocycles. The number of carboxylic acid groups (broad SMARTS) is 1. The molecular formula is C22H30O2. The summed E-state index contributed by atoms with van der Waals surface area (Å²) in [5.41, 5.74) is 1.76. The molecule has 0 aliphatic heterocycles. The number of hydrogen-bond donors (Lipinski definition) is 1. The van der Waals surface area contributed by atoms with Gasteiger partial charge in [-0.2, -0.15) is 0 Å². The first-order valence-electron chi connectivity index (χ1n) is 9.23. The molecule has 0 amide bonds. The van der Waals surface area contributed by atoms with Crippen molar-refractivity contribution in [2.75, 3.05) is 0 Å². The van der Waals surface area contributed by atoms with E-state index in [4.69, 9.17) is 5.11 Å². The minimum atomic E-state index is -0.938. The van der Waals surface area contributed by atoms with Crippen LogP contribution in [0.4, 0.5) is 0 Å². The van der Waals surface area contributed by atoms with Gasteiger partial charge in [-0.15, -0.1) is 0 Å². The Labute approximate surface area is 147 Å². The molecular weight excluding hydrogens is 296 g/mol. The molecule has 0 heterocycles. The summed E-state index contributed by atoms with van der Waals surface area (Å²) in [7, 11) is 0. The first-order chi connectivity index (χ1) is 11.7. The largest absolute Gasteiger partial charge is 0.478 e. The Morgan fingerprint density at radius 3 is 2.29 bits per heavy atom. The Bertz CT molecular complexity index is 561. The van der Waals surface area contributed by atoms with Crippen LogP contribution in [0.1, 0.15) is 82.3 Å². The van der Waals surface area contributed by atoms with Gasteiger partial charge >= 0.3 is 5.97 Å². The van der Waals surface area contributed by atoms with Gasteiger partial charge < -0.3 is 5.11 Å². The molecule has 0 radical (unpaired) electrons. The van der Waals surface area contributed by atoms with E-state index in [2.05, 4.69) is 18.8 Å². The van der Waals surface area contributed by atoms with Gasteiger partial charge in [-0.05, 0) is 24.1 Å². The smallest absolute Gasteiger partial charge is 0.328 e. The lowest BCUT2D eigenvalue weighted by atomic mass is 10.1. The standard InChI is InChI=1S/C22H30O2/c1-2-3-4-5-6-7-8-9-10-11-12-15-20-16-13-14-17-21(20)18-19-22(23)24/h13-14,16-19H,2-11H2,1H3,(H,23,24)/b19-18+. The monoisotopic (exact) mass is 326 g/mol. The van der Waals surface area contributed by atoms with Crippen LogP contribution in [-0.4, -0.2) is 11.1 Å². The molecule has 2 heteroatoms. The van der Waals surface area contributed by atoms with Crippen molar-refractivity contribution in [3.8, 4) is 11.8 Å². The van der Waals surface area contributed by atoms with Crippen LogP contribution in [0.25, 0.3) is 6.08 Å². The molecule has 0 aromatic heterocycles. The normalized spacial score (nSPS) is 10.5. The Balaban J connectivity index is 2.24. The van der Waals surface area contributed by atoms with Crippen LogP contribution in [0.2, 0.25) is 0 Å². The lowest BCUT2D eigenvalue weighted by Gasteiger charge is -2.00. The Kier molecular flexibility index (Phi) is 11.2. The van der Waals surface area contributed by atoms with Crippen LogP contribution in [0.3, 0.4) is 0 Å². The average molecular weight is 326 g/mol. The summed E-state index contributed by atoms with van der Waals surface area (Å²) in [6.07, 6.45) is 15.6. The molecule has 130 valence electrons. The Hall–Kier alpha value is -2.01. The van der Waals surface area contributed by atoms with E-state index >= 15 is 0 Å². The molecule has 0 aliphatic rings. The van der Waals surface area contributed by atoms with E-state index in [1.54, 1.807) is 6.08 Å². The Morgan fingerprint density at radius 1 is 1.00 bits per heavy atom. The minimum Gasteiger partial charge on any atom is -0.478 e. The number of unbranched alkanes of at least 4 members (excludes halogenated alkanes) is 9. The fourth-order valence-corrected chi connectivity index (χ4v) is 2.60. The third-order valence-corrected chi connectivity index (χ3v) is 3.99. The third kappa shape index (κ3) is 9.90. The van der Waals surface area contributed by atoms with Crippen LogP contribution in [-0.2, 0) is 4.79 Å². The summed E-state index contributed by atoms with van der Waals surface area (Å²) in [4.78, 5) is 10.6. The first kappa shape index (κ1) is 20.0. The molecule has 0 bridgehead atoms. The van der Waals surface area contributed by atoms with Crippen LogP contribution < -0.4 is 0 Å². The fraction of sp³-hybridized carbons (Fsp3) is 0.500. The average Bonchev–Trinajstić information content (AvgIpc) is 2.58. The number of hydrogen-bond acceptors (Lipinski definition) is 1. The highest BCUT2D eigenvalue weighted by molar-refractivity contribution is 5.85. The Morgan fingerprint density at radius 2 is 1.62 bits per heavy atom. The second-order valence-corrected chi connectivity index (χ2v) is 6.14. The molecule has 0 atom stereocenters. The van der Waals surface area contributed by atoms with Crippen molar-refractivity contribution in [1.29, 1.82) is 0 Å². The van der Waals surface area contributed by atoms with Crippen molar-refractivity contribution < 1.29 is 9.90 Å². The molecule has 2 nitrogen and oxygen atoms in total. The highest BCUT2D eigenvalue weighted by Gasteiger charge is 1.96. The fourth-order valence-electron chi connectivity index (χ4n) is 2.60. The van der Waals surface area contributed by atoms with Crippen LogP contribution in [0.5, 0.6) is 0 Å². The van der Waals surface area contributed by atoms with Gasteiger partial charge in [-0.25, -0.2) is 4.79 Å². The third-order valence-electron chi connectivity index (χ3n) is 3.99. The van der Waals surface area contributed by atoms with Crippen molar-refractivity contribution in [3.05, 3.63) is 41.5 Å². The van der Waals surface area contributed by atoms with Gasteiger partial charge in [0.2, 0.25) is 0 Å². The van der Waals surface area contributed by atoms with Gasteiger partial charge in [0.05, 0.1) is 0 Å². The quantitative estimate of drug-likeness (QED) is 0.305. The maximum absolute atomic E-state index is 10.6. The van der Waals surface area contributed by atoms with Gasteiger partial charge in [-0.1, -0.05) is 88.3 Å². The summed E-state index contributed by atoms with van der Waals surface area (Å²) in [6.45, 7) is 2.25. The second-order valence-electron chi connectivity index (χ2n) is 6.14. The second kappa shape index (κ2) is 13.4. The van der Waals surface area contributed by atoms with Crippen LogP contribution >= 0.6 is 0 Å². The maximum atomic E-state index is 10.6. The maximum Gasteiger partial charge on any atom is 0.328 e. The van der Waals surface area contributed by atoms with Crippen LogP contribution in [0.15, 0.2) is 30.3 Å². The van der Waals surface area contributed by atoms with E-state index in [0.29, 0.717) is 0 Å². The molecule has 1 rings (SSSR count). The van der Waals surface area contributed by atoms with Gasteiger partial charge in [0.15, 0.2) is 0 Å². The van der Waals surface area contributed by atoms with Crippen molar-refractivity contribution >= 4 is 12.0 Å².